The molecule has 0 unspecified atom stereocenters. The number of hydrogen-bond donors (Lipinski definition) is 0. The predicted molar refractivity (Wildman–Crippen MR) is 95.4 cm³/mol. The van der Waals surface area contributed by atoms with Crippen LogP contribution in [0, 0.1) is 5.92 Å². The van der Waals surface area contributed by atoms with Crippen LogP contribution in [0.4, 0.5) is 5.82 Å². The first kappa shape index (κ1) is 14.8. The predicted octanol–water partition coefficient (Wildman–Crippen LogP) is 1.45. The first-order valence-corrected chi connectivity index (χ1v) is 9.29. The van der Waals surface area contributed by atoms with E-state index in [9.17, 15) is 4.79 Å². The molecule has 5 rings (SSSR count). The average Bonchev–Trinajstić information content (AvgIpc) is 3.20. The molecule has 2 aliphatic heterocycles. The molecule has 0 spiro atoms. The van der Waals surface area contributed by atoms with E-state index in [-0.39, 0.29) is 11.8 Å². The summed E-state index contributed by atoms with van der Waals surface area (Å²) in [6, 6.07) is 2.14. The second kappa shape index (κ2) is 5.52. The molecule has 1 saturated heterocycles. The van der Waals surface area contributed by atoms with Crippen molar-refractivity contribution in [3.8, 4) is 0 Å². The van der Waals surface area contributed by atoms with Crippen molar-refractivity contribution in [3.63, 3.8) is 0 Å². The molecule has 7 nitrogen and oxygen atoms in total. The summed E-state index contributed by atoms with van der Waals surface area (Å²) in [7, 11) is 1.92. The summed E-state index contributed by atoms with van der Waals surface area (Å²) in [6.07, 6.45) is 4.30. The molecule has 3 aromatic heterocycles. The molecule has 0 bridgehead atoms. The quantitative estimate of drug-likeness (QED) is 0.697. The van der Waals surface area contributed by atoms with Gasteiger partial charge in [-0.2, -0.15) is 0 Å². The van der Waals surface area contributed by atoms with E-state index < -0.39 is 0 Å². The van der Waals surface area contributed by atoms with Gasteiger partial charge >= 0.3 is 0 Å². The van der Waals surface area contributed by atoms with Crippen LogP contribution >= 0.6 is 11.3 Å². The Morgan fingerprint density at radius 1 is 1.28 bits per heavy atom. The number of imidazole rings is 1. The highest BCUT2D eigenvalue weighted by Crippen LogP contribution is 2.30. The van der Waals surface area contributed by atoms with E-state index in [1.54, 1.807) is 24.0 Å². The van der Waals surface area contributed by atoms with Gasteiger partial charge in [0.15, 0.2) is 17.0 Å². The van der Waals surface area contributed by atoms with Crippen LogP contribution < -0.4 is 4.90 Å². The summed E-state index contributed by atoms with van der Waals surface area (Å²) in [5.74, 6) is 1.14. The number of amides is 1. The Morgan fingerprint density at radius 3 is 3.04 bits per heavy atom. The van der Waals surface area contributed by atoms with E-state index in [0.717, 1.165) is 36.5 Å². The average molecular weight is 354 g/mol. The third kappa shape index (κ3) is 2.31. The van der Waals surface area contributed by atoms with Crippen LogP contribution in [-0.4, -0.2) is 50.0 Å². The highest BCUT2D eigenvalue weighted by atomic mass is 32.1. The van der Waals surface area contributed by atoms with E-state index in [2.05, 4.69) is 31.3 Å². The topological polar surface area (TPSA) is 67.2 Å². The molecule has 1 amide bonds. The summed E-state index contributed by atoms with van der Waals surface area (Å²) in [5, 5.41) is 2.12. The van der Waals surface area contributed by atoms with Gasteiger partial charge in [0.25, 0.3) is 0 Å². The van der Waals surface area contributed by atoms with Gasteiger partial charge in [-0.1, -0.05) is 0 Å². The van der Waals surface area contributed by atoms with Crippen LogP contribution in [-0.2, 0) is 24.8 Å². The standard InChI is InChI=1S/C17H18N6OS/c1-21-10-20-14-15(21)18-9-19-16(14)23-7-12(8-23)17(24)22-4-2-13-11(6-22)3-5-25-13/h3,5,9-10,12H,2,4,6-8H2,1H3. The lowest BCUT2D eigenvalue weighted by Crippen LogP contribution is -2.55. The Hall–Kier alpha value is -2.48. The molecule has 2 aliphatic rings. The third-order valence-corrected chi connectivity index (χ3v) is 6.15. The SMILES string of the molecule is Cn1cnc2c(N3CC(C(=O)N4CCc5sccc5C4)C3)ncnc21. The van der Waals surface area contributed by atoms with Gasteiger partial charge in [-0.25, -0.2) is 15.0 Å². The normalized spacial score (nSPS) is 17.6. The maximum absolute atomic E-state index is 12.8. The lowest BCUT2D eigenvalue weighted by molar-refractivity contribution is -0.137. The Morgan fingerprint density at radius 2 is 2.16 bits per heavy atom. The van der Waals surface area contributed by atoms with Gasteiger partial charge < -0.3 is 14.4 Å². The maximum Gasteiger partial charge on any atom is 0.229 e. The fourth-order valence-electron chi connectivity index (χ4n) is 3.67. The van der Waals surface area contributed by atoms with Crippen molar-refractivity contribution in [2.75, 3.05) is 24.5 Å². The minimum Gasteiger partial charge on any atom is -0.353 e. The number of thiophene rings is 1. The van der Waals surface area contributed by atoms with Gasteiger partial charge in [0.05, 0.1) is 12.2 Å². The zero-order valence-corrected chi connectivity index (χ0v) is 14.7. The molecule has 0 saturated carbocycles. The fraction of sp³-hybridized carbons (Fsp3) is 0.412. The van der Waals surface area contributed by atoms with Gasteiger partial charge in [-0.15, -0.1) is 11.3 Å². The number of aryl methyl sites for hydroxylation is 1. The highest BCUT2D eigenvalue weighted by molar-refractivity contribution is 7.10. The molecule has 0 aromatic carbocycles. The van der Waals surface area contributed by atoms with Crippen LogP contribution in [0.1, 0.15) is 10.4 Å². The van der Waals surface area contributed by atoms with Gasteiger partial charge in [0, 0.05) is 38.1 Å². The zero-order valence-electron chi connectivity index (χ0n) is 13.9. The van der Waals surface area contributed by atoms with Crippen LogP contribution in [0.25, 0.3) is 11.2 Å². The molecular formula is C17H18N6OS. The molecule has 5 heterocycles. The highest BCUT2D eigenvalue weighted by Gasteiger charge is 2.38. The van der Waals surface area contributed by atoms with Crippen molar-refractivity contribution in [2.24, 2.45) is 13.0 Å². The molecule has 3 aromatic rings. The Bertz CT molecular complexity index is 957. The van der Waals surface area contributed by atoms with Crippen LogP contribution in [0.2, 0.25) is 0 Å². The third-order valence-electron chi connectivity index (χ3n) is 5.13. The molecule has 0 atom stereocenters. The number of rotatable bonds is 2. The second-order valence-corrected chi connectivity index (χ2v) is 7.71. The number of carbonyl (C=O) groups excluding carboxylic acids is 1. The Labute approximate surface area is 148 Å². The smallest absolute Gasteiger partial charge is 0.229 e. The van der Waals surface area contributed by atoms with Crippen molar-refractivity contribution >= 4 is 34.2 Å². The largest absolute Gasteiger partial charge is 0.353 e. The summed E-state index contributed by atoms with van der Waals surface area (Å²) < 4.78 is 1.88. The first-order valence-electron chi connectivity index (χ1n) is 8.41. The number of aromatic nitrogens is 4. The Kier molecular flexibility index (Phi) is 3.27. The van der Waals surface area contributed by atoms with E-state index in [0.29, 0.717) is 13.1 Å². The van der Waals surface area contributed by atoms with Crippen molar-refractivity contribution in [1.29, 1.82) is 0 Å². The molecule has 0 radical (unpaired) electrons. The van der Waals surface area contributed by atoms with Gasteiger partial charge in [0.1, 0.15) is 6.33 Å². The molecule has 25 heavy (non-hydrogen) atoms. The minimum absolute atomic E-state index is 0.0499. The van der Waals surface area contributed by atoms with Gasteiger partial charge in [-0.3, -0.25) is 4.79 Å². The van der Waals surface area contributed by atoms with Crippen molar-refractivity contribution in [3.05, 3.63) is 34.5 Å². The lowest BCUT2D eigenvalue weighted by Gasteiger charge is -2.42. The number of carbonyl (C=O) groups is 1. The summed E-state index contributed by atoms with van der Waals surface area (Å²) in [6.45, 7) is 3.00. The van der Waals surface area contributed by atoms with Gasteiger partial charge in [0.2, 0.25) is 5.91 Å². The second-order valence-electron chi connectivity index (χ2n) is 6.71. The number of anilines is 1. The number of hydrogen-bond acceptors (Lipinski definition) is 6. The monoisotopic (exact) mass is 354 g/mol. The first-order chi connectivity index (χ1) is 12.2. The Balaban J connectivity index is 1.29. The molecule has 0 N–H and O–H groups in total. The molecule has 8 heteroatoms. The molecule has 1 fully saturated rings. The minimum atomic E-state index is 0.0499. The van der Waals surface area contributed by atoms with Crippen molar-refractivity contribution in [1.82, 2.24) is 24.4 Å². The van der Waals surface area contributed by atoms with Crippen LogP contribution in [0.5, 0.6) is 0 Å². The molecular weight excluding hydrogens is 336 g/mol. The van der Waals surface area contributed by atoms with Crippen molar-refractivity contribution < 1.29 is 4.79 Å². The zero-order chi connectivity index (χ0) is 17.0. The fourth-order valence-corrected chi connectivity index (χ4v) is 4.56. The summed E-state index contributed by atoms with van der Waals surface area (Å²) in [4.78, 5) is 31.4. The van der Waals surface area contributed by atoms with Crippen LogP contribution in [0.15, 0.2) is 24.1 Å². The summed E-state index contributed by atoms with van der Waals surface area (Å²) >= 11 is 1.80. The van der Waals surface area contributed by atoms with Crippen molar-refractivity contribution in [2.45, 2.75) is 13.0 Å². The lowest BCUT2D eigenvalue weighted by atomic mass is 9.97. The molecule has 0 aliphatic carbocycles. The number of fused-ring (bicyclic) bond motifs is 2. The number of nitrogens with zero attached hydrogens (tertiary/aromatic N) is 6. The van der Waals surface area contributed by atoms with E-state index in [4.69, 9.17) is 0 Å². The summed E-state index contributed by atoms with van der Waals surface area (Å²) in [5.41, 5.74) is 2.93. The van der Waals surface area contributed by atoms with Gasteiger partial charge in [-0.05, 0) is 23.4 Å². The van der Waals surface area contributed by atoms with E-state index in [1.807, 2.05) is 16.5 Å². The maximum atomic E-state index is 12.8. The van der Waals surface area contributed by atoms with E-state index >= 15 is 0 Å². The van der Waals surface area contributed by atoms with Crippen LogP contribution in [0.3, 0.4) is 0 Å². The molecule has 128 valence electrons. The van der Waals surface area contributed by atoms with E-state index in [1.165, 1.54) is 10.4 Å².